The fourth-order valence-corrected chi connectivity index (χ4v) is 3.05. The van der Waals surface area contributed by atoms with Crippen LogP contribution in [-0.4, -0.2) is 27.4 Å². The molecule has 3 heterocycles. The molecule has 0 aliphatic carbocycles. The van der Waals surface area contributed by atoms with Crippen LogP contribution in [0.4, 0.5) is 24.7 Å². The molecule has 1 aromatic carbocycles. The lowest BCUT2D eigenvalue weighted by molar-refractivity contribution is -0.137. The molecule has 154 valence electrons. The van der Waals surface area contributed by atoms with Crippen molar-refractivity contribution < 1.29 is 22.7 Å². The number of nitrogens with zero attached hydrogens (tertiary/aromatic N) is 3. The summed E-state index contributed by atoms with van der Waals surface area (Å²) in [5, 5.41) is 3.13. The number of anilines is 2. The van der Waals surface area contributed by atoms with Crippen molar-refractivity contribution in [3.63, 3.8) is 0 Å². The second-order valence-corrected chi connectivity index (χ2v) is 6.74. The van der Waals surface area contributed by atoms with E-state index >= 15 is 0 Å². The van der Waals surface area contributed by atoms with Gasteiger partial charge in [0, 0.05) is 12.7 Å². The van der Waals surface area contributed by atoms with Gasteiger partial charge >= 0.3 is 6.18 Å². The van der Waals surface area contributed by atoms with Crippen LogP contribution in [-0.2, 0) is 24.1 Å². The number of rotatable bonds is 4. The topological polar surface area (TPSA) is 67.3 Å². The van der Waals surface area contributed by atoms with E-state index < -0.39 is 11.7 Å². The molecule has 4 rings (SSSR count). The molecule has 0 saturated carbocycles. The lowest BCUT2D eigenvalue weighted by Gasteiger charge is -2.20. The van der Waals surface area contributed by atoms with E-state index in [1.165, 1.54) is 17.0 Å². The summed E-state index contributed by atoms with van der Waals surface area (Å²) in [6.07, 6.45) is -1.08. The number of hydrogen-bond acceptors (Lipinski definition) is 5. The lowest BCUT2D eigenvalue weighted by atomic mass is 10.1. The summed E-state index contributed by atoms with van der Waals surface area (Å²) in [7, 11) is 0. The zero-order valence-corrected chi connectivity index (χ0v) is 15.7. The van der Waals surface area contributed by atoms with Crippen LogP contribution >= 0.6 is 0 Å². The van der Waals surface area contributed by atoms with Crippen LogP contribution in [0, 0.1) is 0 Å². The average molecular weight is 414 g/mol. The van der Waals surface area contributed by atoms with Crippen LogP contribution in [0.25, 0.3) is 0 Å². The third kappa shape index (κ3) is 4.51. The predicted octanol–water partition coefficient (Wildman–Crippen LogP) is 4.16. The summed E-state index contributed by atoms with van der Waals surface area (Å²) in [5.41, 5.74) is 1.18. The Bertz CT molecular complexity index is 1040. The molecule has 0 fully saturated rings. The number of amides is 1. The summed E-state index contributed by atoms with van der Waals surface area (Å²) in [4.78, 5) is 22.5. The highest BCUT2D eigenvalue weighted by molar-refractivity contribution is 5.78. The summed E-state index contributed by atoms with van der Waals surface area (Å²) in [5.74, 6) is 0.791. The number of pyridine rings is 2. The zero-order chi connectivity index (χ0) is 21.1. The zero-order valence-electron chi connectivity index (χ0n) is 15.7. The summed E-state index contributed by atoms with van der Waals surface area (Å²) >= 11 is 0. The highest BCUT2D eigenvalue weighted by Crippen LogP contribution is 2.30. The number of ether oxygens (including phenoxy) is 1. The fraction of sp³-hybridized carbons (Fsp3) is 0.190. The van der Waals surface area contributed by atoms with Gasteiger partial charge in [-0.25, -0.2) is 4.98 Å². The molecule has 1 aliphatic heterocycles. The maximum Gasteiger partial charge on any atom is 0.416 e. The van der Waals surface area contributed by atoms with Gasteiger partial charge in [0.05, 0.1) is 24.0 Å². The second kappa shape index (κ2) is 8.02. The Morgan fingerprint density at radius 2 is 1.90 bits per heavy atom. The van der Waals surface area contributed by atoms with Gasteiger partial charge in [0.25, 0.3) is 5.91 Å². The highest BCUT2D eigenvalue weighted by atomic mass is 19.4. The van der Waals surface area contributed by atoms with Crippen LogP contribution < -0.4 is 10.1 Å². The van der Waals surface area contributed by atoms with Crippen molar-refractivity contribution in [1.29, 1.82) is 0 Å². The Morgan fingerprint density at radius 3 is 2.60 bits per heavy atom. The standard InChI is InChI=1S/C21H17F3N4O2/c22-21(23,24)15-5-3-14(4-6-15)11-28-12-17-18(30-13-20(28)29)7-8-19(27-17)26-16-2-1-9-25-10-16/h1-10H,11-13H2,(H,26,27). The molecular weight excluding hydrogens is 397 g/mol. The molecule has 6 nitrogen and oxygen atoms in total. The van der Waals surface area contributed by atoms with E-state index in [2.05, 4.69) is 15.3 Å². The minimum Gasteiger partial charge on any atom is -0.482 e. The summed E-state index contributed by atoms with van der Waals surface area (Å²) < 4.78 is 43.8. The Morgan fingerprint density at radius 1 is 1.10 bits per heavy atom. The molecule has 1 aliphatic rings. The molecule has 0 unspecified atom stereocenters. The van der Waals surface area contributed by atoms with E-state index in [-0.39, 0.29) is 25.6 Å². The van der Waals surface area contributed by atoms with Crippen molar-refractivity contribution >= 4 is 17.4 Å². The first-order valence-corrected chi connectivity index (χ1v) is 9.12. The minimum atomic E-state index is -4.40. The first-order valence-electron chi connectivity index (χ1n) is 9.12. The number of fused-ring (bicyclic) bond motifs is 1. The van der Waals surface area contributed by atoms with E-state index in [0.29, 0.717) is 22.8 Å². The van der Waals surface area contributed by atoms with Crippen LogP contribution in [0.1, 0.15) is 16.8 Å². The van der Waals surface area contributed by atoms with E-state index in [9.17, 15) is 18.0 Å². The molecule has 0 spiro atoms. The fourth-order valence-electron chi connectivity index (χ4n) is 3.05. The van der Waals surface area contributed by atoms with Crippen LogP contribution in [0.15, 0.2) is 60.9 Å². The second-order valence-electron chi connectivity index (χ2n) is 6.74. The van der Waals surface area contributed by atoms with Crippen LogP contribution in [0.2, 0.25) is 0 Å². The van der Waals surface area contributed by atoms with Gasteiger partial charge in [-0.1, -0.05) is 12.1 Å². The maximum absolute atomic E-state index is 12.8. The highest BCUT2D eigenvalue weighted by Gasteiger charge is 2.30. The third-order valence-electron chi connectivity index (χ3n) is 4.57. The third-order valence-corrected chi connectivity index (χ3v) is 4.57. The van der Waals surface area contributed by atoms with Gasteiger partial charge in [-0.05, 0) is 42.0 Å². The summed E-state index contributed by atoms with van der Waals surface area (Å²) in [6, 6.07) is 11.9. The number of alkyl halides is 3. The van der Waals surface area contributed by atoms with Gasteiger partial charge in [0.15, 0.2) is 6.61 Å². The van der Waals surface area contributed by atoms with Gasteiger partial charge in [-0.15, -0.1) is 0 Å². The molecule has 1 amide bonds. The van der Waals surface area contributed by atoms with Gasteiger partial charge in [-0.3, -0.25) is 9.78 Å². The Kier molecular flexibility index (Phi) is 5.26. The molecule has 1 N–H and O–H groups in total. The number of carbonyl (C=O) groups is 1. The van der Waals surface area contributed by atoms with Crippen molar-refractivity contribution in [3.8, 4) is 5.75 Å². The monoisotopic (exact) mass is 414 g/mol. The molecule has 30 heavy (non-hydrogen) atoms. The Hall–Kier alpha value is -3.62. The average Bonchev–Trinajstić information content (AvgIpc) is 2.87. The number of nitrogens with one attached hydrogen (secondary N) is 1. The van der Waals surface area contributed by atoms with Crippen molar-refractivity contribution in [2.75, 3.05) is 11.9 Å². The lowest BCUT2D eigenvalue weighted by Crippen LogP contribution is -2.32. The van der Waals surface area contributed by atoms with E-state index in [1.54, 1.807) is 30.6 Å². The van der Waals surface area contributed by atoms with E-state index in [0.717, 1.165) is 17.8 Å². The number of halogens is 3. The molecule has 3 aromatic rings. The van der Waals surface area contributed by atoms with E-state index in [1.807, 2.05) is 6.07 Å². The molecule has 0 atom stereocenters. The van der Waals surface area contributed by atoms with Gasteiger partial charge < -0.3 is 15.0 Å². The van der Waals surface area contributed by atoms with Gasteiger partial charge in [0.2, 0.25) is 0 Å². The number of hydrogen-bond donors (Lipinski definition) is 1. The number of benzene rings is 1. The van der Waals surface area contributed by atoms with E-state index in [4.69, 9.17) is 4.74 Å². The Balaban J connectivity index is 1.52. The van der Waals surface area contributed by atoms with Gasteiger partial charge in [-0.2, -0.15) is 13.2 Å². The van der Waals surface area contributed by atoms with Crippen molar-refractivity contribution in [2.24, 2.45) is 0 Å². The Labute approximate surface area is 170 Å². The largest absolute Gasteiger partial charge is 0.482 e. The smallest absolute Gasteiger partial charge is 0.416 e. The number of aromatic nitrogens is 2. The molecule has 2 aromatic heterocycles. The quantitative estimate of drug-likeness (QED) is 0.695. The maximum atomic E-state index is 12.8. The van der Waals surface area contributed by atoms with Crippen molar-refractivity contribution in [1.82, 2.24) is 14.9 Å². The van der Waals surface area contributed by atoms with Gasteiger partial charge in [0.1, 0.15) is 17.3 Å². The van der Waals surface area contributed by atoms with Crippen molar-refractivity contribution in [3.05, 3.63) is 77.7 Å². The minimum absolute atomic E-state index is 0.154. The first-order chi connectivity index (χ1) is 14.4. The molecule has 0 radical (unpaired) electrons. The molecule has 0 bridgehead atoms. The molecule has 0 saturated heterocycles. The predicted molar refractivity (Wildman–Crippen MR) is 103 cm³/mol. The van der Waals surface area contributed by atoms with Crippen LogP contribution in [0.5, 0.6) is 5.75 Å². The number of carbonyl (C=O) groups excluding carboxylic acids is 1. The van der Waals surface area contributed by atoms with Crippen LogP contribution in [0.3, 0.4) is 0 Å². The van der Waals surface area contributed by atoms with Crippen molar-refractivity contribution in [2.45, 2.75) is 19.3 Å². The normalized spacial score (nSPS) is 14.0. The summed E-state index contributed by atoms with van der Waals surface area (Å²) in [6.45, 7) is 0.171. The molecular formula is C21H17F3N4O2. The molecule has 9 heteroatoms. The first kappa shape index (κ1) is 19.7. The SMILES string of the molecule is O=C1COc2ccc(Nc3cccnc3)nc2CN1Cc1ccc(C(F)(F)F)cc1.